The predicted octanol–water partition coefficient (Wildman–Crippen LogP) is 1.92. The second-order valence-electron chi connectivity index (χ2n) is 6.85. The molecule has 31 heavy (non-hydrogen) atoms. The van der Waals surface area contributed by atoms with Crippen molar-refractivity contribution in [3.8, 4) is 17.2 Å². The summed E-state index contributed by atoms with van der Waals surface area (Å²) in [7, 11) is 2.96. The van der Waals surface area contributed by atoms with Gasteiger partial charge in [-0.15, -0.1) is 0 Å². The lowest BCUT2D eigenvalue weighted by molar-refractivity contribution is -0.126. The minimum Gasteiger partial charge on any atom is -0.494 e. The van der Waals surface area contributed by atoms with Gasteiger partial charge in [0.1, 0.15) is 5.75 Å². The highest BCUT2D eigenvalue weighted by Crippen LogP contribution is 2.28. The number of nitrogens with zero attached hydrogens (tertiary/aromatic N) is 1. The van der Waals surface area contributed by atoms with Crippen molar-refractivity contribution in [2.24, 2.45) is 5.92 Å². The largest absolute Gasteiger partial charge is 0.494 e. The van der Waals surface area contributed by atoms with Crippen molar-refractivity contribution in [3.63, 3.8) is 0 Å². The third-order valence-electron chi connectivity index (χ3n) is 4.90. The second kappa shape index (κ2) is 9.84. The summed E-state index contributed by atoms with van der Waals surface area (Å²) < 4.78 is 15.7. The molecule has 0 spiro atoms. The van der Waals surface area contributed by atoms with E-state index < -0.39 is 17.7 Å². The van der Waals surface area contributed by atoms with E-state index in [4.69, 9.17) is 14.2 Å². The van der Waals surface area contributed by atoms with Crippen molar-refractivity contribution in [2.75, 3.05) is 32.3 Å². The van der Waals surface area contributed by atoms with E-state index in [1.54, 1.807) is 41.3 Å². The van der Waals surface area contributed by atoms with E-state index in [1.807, 2.05) is 6.92 Å². The normalized spacial score (nSPS) is 15.4. The average molecular weight is 427 g/mol. The van der Waals surface area contributed by atoms with E-state index in [9.17, 15) is 14.4 Å². The zero-order chi connectivity index (χ0) is 22.4. The van der Waals surface area contributed by atoms with E-state index in [0.717, 1.165) is 0 Å². The first-order valence-electron chi connectivity index (χ1n) is 9.82. The summed E-state index contributed by atoms with van der Waals surface area (Å²) in [4.78, 5) is 38.8. The molecule has 1 fully saturated rings. The van der Waals surface area contributed by atoms with Gasteiger partial charge in [-0.05, 0) is 49.4 Å². The molecule has 0 aromatic heterocycles. The Morgan fingerprint density at radius 3 is 2.39 bits per heavy atom. The minimum absolute atomic E-state index is 0.0608. The lowest BCUT2D eigenvalue weighted by Gasteiger charge is -2.17. The van der Waals surface area contributed by atoms with E-state index in [2.05, 4.69) is 10.9 Å². The Labute approximate surface area is 180 Å². The summed E-state index contributed by atoms with van der Waals surface area (Å²) >= 11 is 0. The molecule has 1 aliphatic heterocycles. The van der Waals surface area contributed by atoms with Crippen molar-refractivity contribution < 1.29 is 28.6 Å². The summed E-state index contributed by atoms with van der Waals surface area (Å²) in [5, 5.41) is 0. The van der Waals surface area contributed by atoms with Crippen molar-refractivity contribution in [3.05, 3.63) is 48.0 Å². The van der Waals surface area contributed by atoms with Crippen LogP contribution in [0.2, 0.25) is 0 Å². The van der Waals surface area contributed by atoms with Crippen LogP contribution in [-0.4, -0.2) is 45.1 Å². The van der Waals surface area contributed by atoms with Gasteiger partial charge in [-0.2, -0.15) is 0 Å². The number of hydrazine groups is 1. The highest BCUT2D eigenvalue weighted by atomic mass is 16.5. The SMILES string of the molecule is CCOc1ccc(N2CC(C(=O)NNC(=O)c3ccc(OC)c(OC)c3)CC2=O)cc1. The zero-order valence-corrected chi connectivity index (χ0v) is 17.6. The van der Waals surface area contributed by atoms with E-state index >= 15 is 0 Å². The number of hydrogen-bond acceptors (Lipinski definition) is 6. The van der Waals surface area contributed by atoms with Gasteiger partial charge in [-0.1, -0.05) is 0 Å². The van der Waals surface area contributed by atoms with Gasteiger partial charge < -0.3 is 19.1 Å². The van der Waals surface area contributed by atoms with Crippen LogP contribution >= 0.6 is 0 Å². The van der Waals surface area contributed by atoms with Crippen LogP contribution in [-0.2, 0) is 9.59 Å². The fraction of sp³-hybridized carbons (Fsp3) is 0.318. The van der Waals surface area contributed by atoms with E-state index in [-0.39, 0.29) is 24.4 Å². The highest BCUT2D eigenvalue weighted by Gasteiger charge is 2.35. The van der Waals surface area contributed by atoms with Gasteiger partial charge >= 0.3 is 0 Å². The van der Waals surface area contributed by atoms with Gasteiger partial charge in [0.15, 0.2) is 11.5 Å². The number of carbonyl (C=O) groups excluding carboxylic acids is 3. The Hall–Kier alpha value is -3.75. The summed E-state index contributed by atoms with van der Waals surface area (Å²) in [5.74, 6) is -0.0845. The number of methoxy groups -OCH3 is 2. The maximum absolute atomic E-state index is 12.5. The minimum atomic E-state index is -0.579. The molecule has 9 heteroatoms. The van der Waals surface area contributed by atoms with Crippen molar-refractivity contribution in [2.45, 2.75) is 13.3 Å². The maximum Gasteiger partial charge on any atom is 0.269 e. The quantitative estimate of drug-likeness (QED) is 0.654. The topological polar surface area (TPSA) is 106 Å². The standard InChI is InChI=1S/C22H25N3O6/c1-4-31-17-8-6-16(7-9-17)25-13-15(12-20(25)26)22(28)24-23-21(27)14-5-10-18(29-2)19(11-14)30-3/h5-11,15H,4,12-13H2,1-3H3,(H,23,27)(H,24,28). The smallest absolute Gasteiger partial charge is 0.269 e. The molecule has 2 aromatic rings. The van der Waals surface area contributed by atoms with Crippen molar-refractivity contribution in [1.29, 1.82) is 0 Å². The molecule has 3 amide bonds. The van der Waals surface area contributed by atoms with Crippen LogP contribution in [0.15, 0.2) is 42.5 Å². The number of carbonyl (C=O) groups is 3. The monoisotopic (exact) mass is 427 g/mol. The first-order valence-corrected chi connectivity index (χ1v) is 9.82. The Kier molecular flexibility index (Phi) is 6.96. The van der Waals surface area contributed by atoms with E-state index in [1.165, 1.54) is 20.3 Å². The van der Waals surface area contributed by atoms with Crippen LogP contribution in [0.25, 0.3) is 0 Å². The Bertz CT molecular complexity index is 960. The fourth-order valence-electron chi connectivity index (χ4n) is 3.29. The Balaban J connectivity index is 1.57. The number of hydrogen-bond donors (Lipinski definition) is 2. The summed E-state index contributed by atoms with van der Waals surface area (Å²) in [5.41, 5.74) is 5.75. The predicted molar refractivity (Wildman–Crippen MR) is 113 cm³/mol. The number of ether oxygens (including phenoxy) is 3. The lowest BCUT2D eigenvalue weighted by Crippen LogP contribution is -2.45. The average Bonchev–Trinajstić information content (AvgIpc) is 3.19. The third kappa shape index (κ3) is 5.06. The van der Waals surface area contributed by atoms with Gasteiger partial charge in [-0.25, -0.2) is 0 Å². The van der Waals surface area contributed by atoms with Crippen LogP contribution in [0.1, 0.15) is 23.7 Å². The number of amides is 3. The second-order valence-corrected chi connectivity index (χ2v) is 6.85. The number of rotatable bonds is 7. The molecule has 1 aliphatic rings. The van der Waals surface area contributed by atoms with Crippen molar-refractivity contribution in [1.82, 2.24) is 10.9 Å². The molecule has 0 saturated carbocycles. The molecule has 1 atom stereocenters. The maximum atomic E-state index is 12.5. The first-order chi connectivity index (χ1) is 15.0. The molecule has 1 unspecified atom stereocenters. The Morgan fingerprint density at radius 2 is 1.74 bits per heavy atom. The van der Waals surface area contributed by atoms with Gasteiger partial charge in [0.25, 0.3) is 5.91 Å². The molecule has 3 rings (SSSR count). The summed E-state index contributed by atoms with van der Waals surface area (Å²) in [6.45, 7) is 2.68. The van der Waals surface area contributed by atoms with Crippen molar-refractivity contribution >= 4 is 23.4 Å². The molecule has 2 aromatic carbocycles. The van der Waals surface area contributed by atoms with Crippen LogP contribution in [0.3, 0.4) is 0 Å². The molecular formula is C22H25N3O6. The molecule has 2 N–H and O–H groups in total. The van der Waals surface area contributed by atoms with Crippen LogP contribution in [0.4, 0.5) is 5.69 Å². The lowest BCUT2D eigenvalue weighted by atomic mass is 10.1. The number of anilines is 1. The van der Waals surface area contributed by atoms with Crippen LogP contribution in [0, 0.1) is 5.92 Å². The molecular weight excluding hydrogens is 402 g/mol. The third-order valence-corrected chi connectivity index (χ3v) is 4.90. The van der Waals surface area contributed by atoms with Gasteiger partial charge in [0.2, 0.25) is 11.8 Å². The molecule has 9 nitrogen and oxygen atoms in total. The number of benzene rings is 2. The molecule has 0 aliphatic carbocycles. The zero-order valence-electron chi connectivity index (χ0n) is 17.6. The number of nitrogens with one attached hydrogen (secondary N) is 2. The fourth-order valence-corrected chi connectivity index (χ4v) is 3.29. The molecule has 1 heterocycles. The van der Waals surface area contributed by atoms with Gasteiger partial charge in [0, 0.05) is 24.2 Å². The molecule has 0 bridgehead atoms. The summed E-state index contributed by atoms with van der Waals surface area (Å²) in [6, 6.07) is 11.8. The molecule has 1 saturated heterocycles. The van der Waals surface area contributed by atoms with Crippen LogP contribution < -0.4 is 30.0 Å². The van der Waals surface area contributed by atoms with Crippen LogP contribution in [0.5, 0.6) is 17.2 Å². The van der Waals surface area contributed by atoms with Gasteiger partial charge in [-0.3, -0.25) is 25.2 Å². The molecule has 164 valence electrons. The first kappa shape index (κ1) is 21.9. The summed E-state index contributed by atoms with van der Waals surface area (Å²) in [6.07, 6.45) is 0.0608. The highest BCUT2D eigenvalue weighted by molar-refractivity contribution is 6.01. The molecule has 0 radical (unpaired) electrons. The Morgan fingerprint density at radius 1 is 1.03 bits per heavy atom. The van der Waals surface area contributed by atoms with E-state index in [0.29, 0.717) is 29.5 Å². The van der Waals surface area contributed by atoms with Gasteiger partial charge in [0.05, 0.1) is 26.7 Å².